The summed E-state index contributed by atoms with van der Waals surface area (Å²) >= 11 is 0. The molecule has 2 unspecified atom stereocenters. The van der Waals surface area contributed by atoms with Gasteiger partial charge in [0.25, 0.3) is 0 Å². The molecule has 0 amide bonds. The number of unbranched alkanes of at least 4 members (excludes halogenated alkanes) is 25. The van der Waals surface area contributed by atoms with E-state index in [-0.39, 0.29) is 25.7 Å². The van der Waals surface area contributed by atoms with Gasteiger partial charge in [0.2, 0.25) is 0 Å². The molecule has 19 heteroatoms. The Bertz CT molecular complexity index is 2660. The molecule has 0 rings (SSSR count). The third-order valence-corrected chi connectivity index (χ3v) is 18.9. The molecule has 0 radical (unpaired) electrons. The lowest BCUT2D eigenvalue weighted by Gasteiger charge is -2.21. The van der Waals surface area contributed by atoms with Crippen molar-refractivity contribution in [2.24, 2.45) is 0 Å². The number of rotatable bonds is 77. The zero-order valence-corrected chi connectivity index (χ0v) is 69.3. The smallest absolute Gasteiger partial charge is 0.462 e. The Morgan fingerprint density at radius 2 is 0.472 bits per heavy atom. The van der Waals surface area contributed by atoms with Crippen LogP contribution in [0.3, 0.4) is 0 Å². The summed E-state index contributed by atoms with van der Waals surface area (Å²) in [5.41, 5.74) is 0. The van der Waals surface area contributed by atoms with Crippen LogP contribution >= 0.6 is 15.6 Å². The van der Waals surface area contributed by atoms with Crippen LogP contribution in [0.4, 0.5) is 0 Å². The highest BCUT2D eigenvalue weighted by molar-refractivity contribution is 7.47. The summed E-state index contributed by atoms with van der Waals surface area (Å²) in [6.07, 6.45) is 93.8. The van der Waals surface area contributed by atoms with E-state index < -0.39 is 97.5 Å². The molecule has 0 heterocycles. The number of phosphoric acid groups is 2. The van der Waals surface area contributed by atoms with Crippen LogP contribution in [0.1, 0.15) is 323 Å². The van der Waals surface area contributed by atoms with Crippen molar-refractivity contribution in [3.05, 3.63) is 158 Å². The maximum Gasteiger partial charge on any atom is 0.472 e. The van der Waals surface area contributed by atoms with Crippen LogP contribution in [0.5, 0.6) is 0 Å². The third-order valence-electron chi connectivity index (χ3n) is 17.0. The van der Waals surface area contributed by atoms with Gasteiger partial charge in [-0.25, -0.2) is 9.13 Å². The molecular weight excluding hydrogens is 1400 g/mol. The van der Waals surface area contributed by atoms with Gasteiger partial charge in [-0.3, -0.25) is 37.3 Å². The maximum atomic E-state index is 13.1. The Balaban J connectivity index is 5.53. The molecule has 0 aliphatic rings. The summed E-state index contributed by atoms with van der Waals surface area (Å²) < 4.78 is 68.5. The number of hydrogen-bond acceptors (Lipinski definition) is 15. The molecule has 616 valence electrons. The summed E-state index contributed by atoms with van der Waals surface area (Å²) in [6.45, 7) is 4.60. The van der Waals surface area contributed by atoms with Crippen molar-refractivity contribution in [1.82, 2.24) is 0 Å². The van der Waals surface area contributed by atoms with Crippen LogP contribution in [0.15, 0.2) is 158 Å². The second kappa shape index (κ2) is 79.8. The largest absolute Gasteiger partial charge is 0.472 e. The van der Waals surface area contributed by atoms with Crippen molar-refractivity contribution < 1.29 is 80.2 Å². The molecule has 0 aliphatic carbocycles. The third kappa shape index (κ3) is 78.8. The Morgan fingerprint density at radius 3 is 0.796 bits per heavy atom. The second-order valence-electron chi connectivity index (χ2n) is 27.3. The van der Waals surface area contributed by atoms with E-state index in [1.165, 1.54) is 96.3 Å². The molecule has 0 fully saturated rings. The fourth-order valence-corrected chi connectivity index (χ4v) is 12.1. The molecule has 3 N–H and O–H groups in total. The molecule has 0 saturated carbocycles. The van der Waals surface area contributed by atoms with E-state index in [0.29, 0.717) is 38.5 Å². The number of hydrogen-bond donors (Lipinski definition) is 3. The topological polar surface area (TPSA) is 237 Å². The summed E-state index contributed by atoms with van der Waals surface area (Å²) in [5.74, 6) is -2.39. The number of carbonyl (C=O) groups excluding carboxylic acids is 4. The molecular formula is C89H148O17P2. The predicted molar refractivity (Wildman–Crippen MR) is 445 cm³/mol. The SMILES string of the molecule is CCCCC/C=C\C/C=C\C/C=C\C/C=C\C/C=C\CCC(=O)OC[C@H](COP(=O)(O)OC[C@@H](O)COP(=O)(O)OC[C@@H](COC(=O)CCCCCCCCC/C=C\CCCCCC)OC(=O)CCCCCCC/C=C\C/C=C\CCCCC)OC(=O)CC/C=C\C/C=C\C/C=C\C/C=C\C/C=C\CCCCC. The van der Waals surface area contributed by atoms with E-state index >= 15 is 0 Å². The van der Waals surface area contributed by atoms with Gasteiger partial charge in [-0.15, -0.1) is 0 Å². The molecule has 0 bridgehead atoms. The molecule has 108 heavy (non-hydrogen) atoms. The molecule has 0 aromatic carbocycles. The van der Waals surface area contributed by atoms with Gasteiger partial charge in [0, 0.05) is 25.7 Å². The van der Waals surface area contributed by atoms with Gasteiger partial charge in [-0.1, -0.05) is 295 Å². The molecule has 0 aromatic heterocycles. The minimum absolute atomic E-state index is 0.0173. The number of phosphoric ester groups is 2. The minimum atomic E-state index is -5.02. The summed E-state index contributed by atoms with van der Waals surface area (Å²) in [5, 5.41) is 10.7. The second-order valence-corrected chi connectivity index (χ2v) is 30.3. The highest BCUT2D eigenvalue weighted by atomic mass is 31.2. The monoisotopic (exact) mass is 1550 g/mol. The van der Waals surface area contributed by atoms with Crippen molar-refractivity contribution in [3.63, 3.8) is 0 Å². The lowest BCUT2D eigenvalue weighted by molar-refractivity contribution is -0.161. The lowest BCUT2D eigenvalue weighted by atomic mass is 10.1. The first-order valence-corrected chi connectivity index (χ1v) is 44.7. The van der Waals surface area contributed by atoms with Crippen molar-refractivity contribution in [2.45, 2.75) is 341 Å². The van der Waals surface area contributed by atoms with Gasteiger partial charge in [0.05, 0.1) is 26.4 Å². The molecule has 17 nitrogen and oxygen atoms in total. The van der Waals surface area contributed by atoms with Crippen LogP contribution in [-0.2, 0) is 65.4 Å². The number of esters is 4. The van der Waals surface area contributed by atoms with Crippen LogP contribution in [0.2, 0.25) is 0 Å². The van der Waals surface area contributed by atoms with E-state index in [0.717, 1.165) is 135 Å². The first kappa shape index (κ1) is 103. The van der Waals surface area contributed by atoms with E-state index in [9.17, 15) is 43.2 Å². The normalized spacial score (nSPS) is 14.6. The van der Waals surface area contributed by atoms with Gasteiger partial charge in [-0.2, -0.15) is 0 Å². The van der Waals surface area contributed by atoms with Crippen molar-refractivity contribution >= 4 is 39.5 Å². The van der Waals surface area contributed by atoms with Crippen LogP contribution in [0, 0.1) is 0 Å². The van der Waals surface area contributed by atoms with Gasteiger partial charge >= 0.3 is 39.5 Å². The number of allylic oxidation sites excluding steroid dienone is 26. The minimum Gasteiger partial charge on any atom is -0.462 e. The maximum absolute atomic E-state index is 13.1. The Labute approximate surface area is 655 Å². The number of aliphatic hydroxyl groups is 1. The van der Waals surface area contributed by atoms with E-state index in [4.69, 9.17) is 37.0 Å². The lowest BCUT2D eigenvalue weighted by Crippen LogP contribution is -2.30. The molecule has 0 aliphatic heterocycles. The first-order chi connectivity index (χ1) is 52.7. The summed E-state index contributed by atoms with van der Waals surface area (Å²) in [4.78, 5) is 73.1. The Hall–Kier alpha value is -5.32. The zero-order valence-electron chi connectivity index (χ0n) is 67.5. The standard InChI is InChI=1S/C89H148O17P2/c1-5-9-13-17-21-25-29-33-37-39-41-43-47-50-54-58-62-66-70-74-87(92)100-80-85(106-89(94)76-72-68-64-60-56-52-48-44-42-40-38-34-30-26-22-18-14-10-6-2)82-104-108(97,98)102-78-83(90)77-101-107(95,96)103-81-84(105-88(93)75-71-67-63-59-55-51-46-36-32-28-24-20-16-12-8-4)79-99-86(91)73-69-65-61-57-53-49-45-35-31-27-23-19-15-11-7-3/h21-22,24-28,31,33-34,36-38,41-44,46,50,52,54,56,62,64,66,68,83-85,90H,5-20,23,29-30,32,35,39-40,45,47-49,51,53,55,57-61,63,65,67,69-82H2,1-4H3,(H,95,96)(H,97,98)/b25-21-,26-22-,28-24-,31-27-,37-33-,38-34-,43-41-,44-42-,46-36-,54-50-,56-52-,66-62-,68-64-/t83-,84+,85+/m0/s1. The van der Waals surface area contributed by atoms with E-state index in [1.54, 1.807) is 0 Å². The molecule has 0 spiro atoms. The van der Waals surface area contributed by atoms with Crippen LogP contribution in [0.25, 0.3) is 0 Å². The quantitative estimate of drug-likeness (QED) is 0.0169. The van der Waals surface area contributed by atoms with Crippen LogP contribution < -0.4 is 0 Å². The van der Waals surface area contributed by atoms with Gasteiger partial charge < -0.3 is 33.8 Å². The fraction of sp³-hybridized carbons (Fsp3) is 0.663. The van der Waals surface area contributed by atoms with Gasteiger partial charge in [0.1, 0.15) is 19.3 Å². The molecule has 5 atom stereocenters. The van der Waals surface area contributed by atoms with Crippen molar-refractivity contribution in [3.8, 4) is 0 Å². The number of aliphatic hydroxyl groups excluding tert-OH is 1. The predicted octanol–water partition coefficient (Wildman–Crippen LogP) is 24.8. The number of ether oxygens (including phenoxy) is 4. The Morgan fingerprint density at radius 1 is 0.259 bits per heavy atom. The van der Waals surface area contributed by atoms with Gasteiger partial charge in [0.15, 0.2) is 12.2 Å². The molecule has 0 aromatic rings. The molecule has 0 saturated heterocycles. The number of carbonyl (C=O) groups is 4. The van der Waals surface area contributed by atoms with Gasteiger partial charge in [-0.05, 0) is 161 Å². The van der Waals surface area contributed by atoms with Crippen molar-refractivity contribution in [1.29, 1.82) is 0 Å². The average Bonchev–Trinajstić information content (AvgIpc) is 0.896. The first-order valence-electron chi connectivity index (χ1n) is 41.7. The fourth-order valence-electron chi connectivity index (χ4n) is 10.6. The average molecular weight is 1550 g/mol. The Kier molecular flexibility index (Phi) is 75.8. The van der Waals surface area contributed by atoms with E-state index in [2.05, 4.69) is 149 Å². The van der Waals surface area contributed by atoms with E-state index in [1.807, 2.05) is 36.5 Å². The summed E-state index contributed by atoms with van der Waals surface area (Å²) in [7, 11) is -10.0. The summed E-state index contributed by atoms with van der Waals surface area (Å²) in [6, 6.07) is 0. The van der Waals surface area contributed by atoms with Crippen LogP contribution in [-0.4, -0.2) is 96.7 Å². The highest BCUT2D eigenvalue weighted by Gasteiger charge is 2.30. The van der Waals surface area contributed by atoms with Crippen molar-refractivity contribution in [2.75, 3.05) is 39.6 Å². The highest BCUT2D eigenvalue weighted by Crippen LogP contribution is 2.45. The zero-order chi connectivity index (χ0) is 78.9.